The fraction of sp³-hybridized carbons (Fsp3) is 0.441. The van der Waals surface area contributed by atoms with Crippen LogP contribution < -0.4 is 10.6 Å². The van der Waals surface area contributed by atoms with Crippen molar-refractivity contribution >= 4 is 23.6 Å². The number of benzene rings is 2. The molecule has 4 amide bonds. The molecule has 1 spiro atoms. The van der Waals surface area contributed by atoms with Crippen molar-refractivity contribution < 1.29 is 37.1 Å². The second-order valence-corrected chi connectivity index (χ2v) is 12.9. The molecule has 3 heterocycles. The number of carbonyl (C=O) groups is 4. The van der Waals surface area contributed by atoms with E-state index >= 15 is 0 Å². The molecule has 1 aromatic heterocycles. The summed E-state index contributed by atoms with van der Waals surface area (Å²) in [6.07, 6.45) is -2.15. The molecule has 3 fully saturated rings. The molecule has 0 bridgehead atoms. The van der Waals surface area contributed by atoms with E-state index in [9.17, 15) is 32.3 Å². The Morgan fingerprint density at radius 2 is 1.58 bits per heavy atom. The minimum absolute atomic E-state index is 0.0474. The number of nitrogens with one attached hydrogen (secondary N) is 2. The van der Waals surface area contributed by atoms with E-state index < -0.39 is 52.6 Å². The van der Waals surface area contributed by atoms with Crippen LogP contribution in [0.5, 0.6) is 0 Å². The van der Waals surface area contributed by atoms with Crippen LogP contribution in [0.3, 0.4) is 0 Å². The van der Waals surface area contributed by atoms with E-state index in [1.54, 1.807) is 10.9 Å². The third-order valence-corrected chi connectivity index (χ3v) is 9.60. The predicted octanol–water partition coefficient (Wildman–Crippen LogP) is 2.62. The molecule has 2 unspecified atom stereocenters. The van der Waals surface area contributed by atoms with E-state index in [1.807, 2.05) is 60.7 Å². The van der Waals surface area contributed by atoms with Gasteiger partial charge in [0.05, 0.1) is 37.4 Å². The number of rotatable bonds is 11. The summed E-state index contributed by atoms with van der Waals surface area (Å²) >= 11 is 0. The van der Waals surface area contributed by atoms with E-state index in [4.69, 9.17) is 4.74 Å². The molecular formula is C34H37F3N6O5. The number of nitrogens with zero attached hydrogens (tertiary/aromatic N) is 4. The minimum Gasteiger partial charge on any atom is -0.374 e. The Kier molecular flexibility index (Phi) is 9.03. The fourth-order valence-corrected chi connectivity index (χ4v) is 6.72. The van der Waals surface area contributed by atoms with Gasteiger partial charge in [0.25, 0.3) is 5.91 Å². The third-order valence-electron chi connectivity index (χ3n) is 9.60. The first-order chi connectivity index (χ1) is 22.9. The van der Waals surface area contributed by atoms with Gasteiger partial charge >= 0.3 is 6.18 Å². The molecule has 11 nitrogen and oxygen atoms in total. The molecule has 48 heavy (non-hydrogen) atoms. The summed E-state index contributed by atoms with van der Waals surface area (Å²) in [5.41, 5.74) is -1.21. The van der Waals surface area contributed by atoms with Crippen molar-refractivity contribution in [1.29, 1.82) is 0 Å². The van der Waals surface area contributed by atoms with Crippen LogP contribution >= 0.6 is 0 Å². The molecule has 2 atom stereocenters. The maximum absolute atomic E-state index is 13.9. The van der Waals surface area contributed by atoms with Crippen LogP contribution in [-0.2, 0) is 32.3 Å². The Morgan fingerprint density at radius 3 is 2.19 bits per heavy atom. The lowest BCUT2D eigenvalue weighted by Crippen LogP contribution is -2.66. The standard InChI is InChI=1S/C34H37F3N6O5/c1-38-29(45)27(19-48-18-24-10-6-3-7-11-24)40-28(44)26-17-41(30(46)25-14-39-43(16-25)15-23-8-4-2-5-9-23)20-32(26)21-42(22-32)31(47)33(12-13-33)34(35,36)37/h2-11,14,16,26-27H,12-13,15,17-22H2,1H3,(H,38,45)(H,40,44). The molecule has 2 N–H and O–H groups in total. The zero-order valence-electron chi connectivity index (χ0n) is 26.4. The molecule has 0 radical (unpaired) electrons. The monoisotopic (exact) mass is 666 g/mol. The Morgan fingerprint density at radius 1 is 0.958 bits per heavy atom. The van der Waals surface area contributed by atoms with E-state index in [0.29, 0.717) is 12.1 Å². The van der Waals surface area contributed by atoms with Gasteiger partial charge < -0.3 is 25.2 Å². The van der Waals surface area contributed by atoms with Crippen LogP contribution in [0.25, 0.3) is 0 Å². The Bertz CT molecular complexity index is 1650. The molecule has 1 saturated carbocycles. The van der Waals surface area contributed by atoms with E-state index in [0.717, 1.165) is 16.0 Å². The molecule has 14 heteroatoms. The Balaban J connectivity index is 1.18. The second kappa shape index (κ2) is 13.1. The number of halogens is 3. The number of alkyl halides is 3. The second-order valence-electron chi connectivity index (χ2n) is 12.9. The quantitative estimate of drug-likeness (QED) is 0.324. The van der Waals surface area contributed by atoms with Crippen molar-refractivity contribution in [3.8, 4) is 0 Å². The summed E-state index contributed by atoms with van der Waals surface area (Å²) < 4.78 is 48.7. The van der Waals surface area contributed by atoms with Crippen LogP contribution in [0, 0.1) is 16.7 Å². The third kappa shape index (κ3) is 6.53. The van der Waals surface area contributed by atoms with Gasteiger partial charge in [0, 0.05) is 44.8 Å². The topological polar surface area (TPSA) is 126 Å². The summed E-state index contributed by atoms with van der Waals surface area (Å²) in [7, 11) is 1.43. The summed E-state index contributed by atoms with van der Waals surface area (Å²) in [6, 6.07) is 17.8. The molecule has 2 saturated heterocycles. The van der Waals surface area contributed by atoms with E-state index in [2.05, 4.69) is 15.7 Å². The molecule has 2 aliphatic heterocycles. The maximum Gasteiger partial charge on any atom is 0.403 e. The van der Waals surface area contributed by atoms with Crippen LogP contribution in [0.1, 0.15) is 34.3 Å². The maximum atomic E-state index is 13.9. The lowest BCUT2D eigenvalue weighted by molar-refractivity contribution is -0.205. The SMILES string of the molecule is CNC(=O)C(COCc1ccccc1)NC(=O)C1CN(C(=O)c2cnn(Cc3ccccc3)c2)CC12CN(C(=O)C1(C(F)(F)F)CC1)C2. The van der Waals surface area contributed by atoms with Crippen LogP contribution in [-0.4, -0.2) is 95.3 Å². The highest BCUT2D eigenvalue weighted by Gasteiger charge is 2.71. The number of carbonyl (C=O) groups excluding carboxylic acids is 4. The summed E-state index contributed by atoms with van der Waals surface area (Å²) in [5, 5.41) is 9.58. The van der Waals surface area contributed by atoms with Crippen molar-refractivity contribution in [2.75, 3.05) is 39.8 Å². The van der Waals surface area contributed by atoms with Crippen molar-refractivity contribution in [2.45, 2.75) is 38.2 Å². The number of ether oxygens (including phenoxy) is 1. The number of hydrogen-bond acceptors (Lipinski definition) is 6. The van der Waals surface area contributed by atoms with Crippen molar-refractivity contribution in [2.24, 2.45) is 16.7 Å². The molecule has 1 aliphatic carbocycles. The van der Waals surface area contributed by atoms with Crippen LogP contribution in [0.15, 0.2) is 73.1 Å². The van der Waals surface area contributed by atoms with E-state index in [-0.39, 0.29) is 52.2 Å². The van der Waals surface area contributed by atoms with Gasteiger partial charge in [0.15, 0.2) is 0 Å². The first-order valence-electron chi connectivity index (χ1n) is 15.8. The van der Waals surface area contributed by atoms with Crippen LogP contribution in [0.2, 0.25) is 0 Å². The average Bonchev–Trinajstić information content (AvgIpc) is 3.61. The van der Waals surface area contributed by atoms with Crippen molar-refractivity contribution in [1.82, 2.24) is 30.2 Å². The summed E-state index contributed by atoms with van der Waals surface area (Å²) in [5.74, 6) is -3.33. The largest absolute Gasteiger partial charge is 0.403 e. The van der Waals surface area contributed by atoms with Gasteiger partial charge in [-0.25, -0.2) is 0 Å². The number of hydrogen-bond donors (Lipinski definition) is 2. The smallest absolute Gasteiger partial charge is 0.374 e. The molecule has 6 rings (SSSR count). The highest BCUT2D eigenvalue weighted by molar-refractivity contribution is 5.96. The van der Waals surface area contributed by atoms with Gasteiger partial charge in [0.2, 0.25) is 17.7 Å². The number of likely N-dealkylation sites (N-methyl/N-ethyl adjacent to an activating group) is 1. The summed E-state index contributed by atoms with van der Waals surface area (Å²) in [6.45, 7) is 0.270. The van der Waals surface area contributed by atoms with Gasteiger partial charge in [-0.3, -0.25) is 23.9 Å². The van der Waals surface area contributed by atoms with Crippen molar-refractivity contribution in [3.63, 3.8) is 0 Å². The fourth-order valence-electron chi connectivity index (χ4n) is 6.72. The Hall–Kier alpha value is -4.72. The molecule has 254 valence electrons. The zero-order valence-corrected chi connectivity index (χ0v) is 26.4. The molecule has 2 aromatic carbocycles. The highest BCUT2D eigenvalue weighted by Crippen LogP contribution is 2.60. The van der Waals surface area contributed by atoms with Gasteiger partial charge in [0.1, 0.15) is 11.5 Å². The lowest BCUT2D eigenvalue weighted by Gasteiger charge is -2.51. The summed E-state index contributed by atoms with van der Waals surface area (Å²) in [4.78, 5) is 56.0. The molecule has 3 aliphatic rings. The van der Waals surface area contributed by atoms with Crippen LogP contribution in [0.4, 0.5) is 13.2 Å². The first kappa shape index (κ1) is 33.2. The van der Waals surface area contributed by atoms with Crippen molar-refractivity contribution in [3.05, 3.63) is 89.7 Å². The number of aromatic nitrogens is 2. The van der Waals surface area contributed by atoms with Gasteiger partial charge in [-0.2, -0.15) is 18.3 Å². The van der Waals surface area contributed by atoms with Gasteiger partial charge in [-0.05, 0) is 24.0 Å². The van der Waals surface area contributed by atoms with E-state index in [1.165, 1.54) is 18.1 Å². The lowest BCUT2D eigenvalue weighted by atomic mass is 9.70. The minimum atomic E-state index is -4.66. The average molecular weight is 667 g/mol. The molecule has 3 aromatic rings. The predicted molar refractivity (Wildman–Crippen MR) is 166 cm³/mol. The first-order valence-corrected chi connectivity index (χ1v) is 15.8. The highest BCUT2D eigenvalue weighted by atomic mass is 19.4. The number of amides is 4. The van der Waals surface area contributed by atoms with Gasteiger partial charge in [-0.15, -0.1) is 0 Å². The number of likely N-dealkylation sites (tertiary alicyclic amines) is 2. The Labute approximate surface area is 275 Å². The zero-order chi connectivity index (χ0) is 34.1. The molecular weight excluding hydrogens is 629 g/mol. The normalized spacial score (nSPS) is 19.8. The van der Waals surface area contributed by atoms with Gasteiger partial charge in [-0.1, -0.05) is 60.7 Å².